The Morgan fingerprint density at radius 3 is 2.09 bits per heavy atom. The van der Waals surface area contributed by atoms with Crippen LogP contribution in [0.15, 0.2) is 48.2 Å². The Hall–Kier alpha value is -4.41. The molecule has 3 heterocycles. The number of halogens is 3. The summed E-state index contributed by atoms with van der Waals surface area (Å²) in [6.07, 6.45) is 0.568. The molecule has 358 valence electrons. The monoisotopic (exact) mass is 985 g/mol. The lowest BCUT2D eigenvalue weighted by Crippen LogP contribution is -2.57. The molecule has 5 amide bonds. The molecule has 0 bridgehead atoms. The van der Waals surface area contributed by atoms with Gasteiger partial charge in [-0.2, -0.15) is 0 Å². The fourth-order valence-corrected chi connectivity index (χ4v) is 7.44. The van der Waals surface area contributed by atoms with Crippen molar-refractivity contribution in [3.8, 4) is 10.4 Å². The van der Waals surface area contributed by atoms with Crippen molar-refractivity contribution in [2.75, 3.05) is 64.7 Å². The van der Waals surface area contributed by atoms with Crippen LogP contribution in [0.3, 0.4) is 0 Å². The zero-order valence-corrected chi connectivity index (χ0v) is 39.9. The molecule has 1 aromatic carbocycles. The minimum absolute atomic E-state index is 0.00832. The highest BCUT2D eigenvalue weighted by atomic mass is 35.6. The van der Waals surface area contributed by atoms with E-state index in [1.165, 1.54) is 17.3 Å². The maximum Gasteiger partial charge on any atom is 0.408 e. The number of amides is 5. The molecule has 0 saturated carbocycles. The number of aromatic nitrogens is 3. The van der Waals surface area contributed by atoms with Gasteiger partial charge < -0.3 is 50.2 Å². The van der Waals surface area contributed by atoms with Gasteiger partial charge in [-0.05, 0) is 36.0 Å². The molecular formula is C42H58Cl3N9O10S. The molecule has 4 rings (SSSR count). The van der Waals surface area contributed by atoms with Gasteiger partial charge in [-0.3, -0.25) is 24.5 Å². The smallest absolute Gasteiger partial charge is 0.408 e. The summed E-state index contributed by atoms with van der Waals surface area (Å²) in [5.41, 5.74) is 3.98. The average molecular weight is 987 g/mol. The van der Waals surface area contributed by atoms with Crippen LogP contribution >= 0.6 is 46.1 Å². The first kappa shape index (κ1) is 53.2. The first-order valence-corrected chi connectivity index (χ1v) is 23.0. The van der Waals surface area contributed by atoms with E-state index in [1.54, 1.807) is 22.9 Å². The van der Waals surface area contributed by atoms with Crippen molar-refractivity contribution in [2.45, 2.75) is 88.1 Å². The van der Waals surface area contributed by atoms with Crippen LogP contribution in [-0.2, 0) is 44.7 Å². The number of rotatable bonds is 25. The van der Waals surface area contributed by atoms with Gasteiger partial charge in [0.2, 0.25) is 33.4 Å². The Bertz CT molecular complexity index is 1970. The average Bonchev–Trinajstić information content (AvgIpc) is 3.88. The number of aliphatic hydroxyl groups is 1. The Morgan fingerprint density at radius 2 is 1.49 bits per heavy atom. The molecule has 1 saturated heterocycles. The van der Waals surface area contributed by atoms with E-state index < -0.39 is 51.5 Å². The van der Waals surface area contributed by atoms with E-state index in [0.717, 1.165) is 21.7 Å². The highest BCUT2D eigenvalue weighted by Crippen LogP contribution is 2.31. The Labute approximate surface area is 397 Å². The number of ether oxygens (including phenoxy) is 4. The molecular weight excluding hydrogens is 929 g/mol. The van der Waals surface area contributed by atoms with Crippen LogP contribution in [0.25, 0.3) is 10.4 Å². The molecule has 0 spiro atoms. The molecule has 2 aromatic heterocycles. The number of hydrogen-bond acceptors (Lipinski definition) is 15. The third kappa shape index (κ3) is 18.8. The fraction of sp³-hybridized carbons (Fsp3) is 0.571. The lowest BCUT2D eigenvalue weighted by molar-refractivity contribution is -0.144. The summed E-state index contributed by atoms with van der Waals surface area (Å²) >= 11 is 19.4. The summed E-state index contributed by atoms with van der Waals surface area (Å²) in [4.78, 5) is 79.2. The second-order valence-electron chi connectivity index (χ2n) is 16.0. The van der Waals surface area contributed by atoms with E-state index >= 15 is 0 Å². The van der Waals surface area contributed by atoms with Gasteiger partial charge in [-0.1, -0.05) is 79.8 Å². The molecule has 1 aliphatic rings. The first-order chi connectivity index (χ1) is 30.9. The third-order valence-electron chi connectivity index (χ3n) is 9.71. The zero-order chi connectivity index (χ0) is 47.4. The van der Waals surface area contributed by atoms with Crippen molar-refractivity contribution in [3.05, 3.63) is 59.5 Å². The largest absolute Gasteiger partial charge is 0.449 e. The standard InChI is InChI=1S/C42H58Cl3N9O10S/c1-27-34(65-26-50-27)29-9-7-28(8-10-29)24-49-36(58)31-23-30(55)25-54(31)37(59)35(41(2,3)4)51-33(57)12-18-62-20-22-63-21-19-61-17-11-32(56)46-15-6-16-64-40(60)53-38(42(43,44)45)52-39-47-13-5-14-48-39/h5,7-10,13-14,26,30-31,35,38,55H,6,11-12,15-25H2,1-4H3,(H,46,56)(H,49,58)(H,51,57)(H,53,60)(H,47,48,52). The Morgan fingerprint density at radius 1 is 0.862 bits per heavy atom. The minimum Gasteiger partial charge on any atom is -0.449 e. The summed E-state index contributed by atoms with van der Waals surface area (Å²) < 4.78 is 19.7. The number of likely N-dealkylation sites (tertiary alicyclic amines) is 1. The van der Waals surface area contributed by atoms with E-state index in [1.807, 2.05) is 52.0 Å². The van der Waals surface area contributed by atoms with Gasteiger partial charge in [0.1, 0.15) is 12.1 Å². The van der Waals surface area contributed by atoms with Crippen molar-refractivity contribution in [1.82, 2.24) is 41.1 Å². The third-order valence-corrected chi connectivity index (χ3v) is 11.3. The normalized spacial score (nSPS) is 16.0. The van der Waals surface area contributed by atoms with Crippen molar-refractivity contribution in [3.63, 3.8) is 0 Å². The lowest BCUT2D eigenvalue weighted by Gasteiger charge is -2.35. The molecule has 1 fully saturated rings. The van der Waals surface area contributed by atoms with Crippen molar-refractivity contribution < 1.29 is 48.0 Å². The van der Waals surface area contributed by atoms with Gasteiger partial charge >= 0.3 is 6.09 Å². The molecule has 6 N–H and O–H groups in total. The van der Waals surface area contributed by atoms with E-state index in [-0.39, 0.29) is 103 Å². The molecule has 1 aliphatic heterocycles. The predicted octanol–water partition coefficient (Wildman–Crippen LogP) is 3.89. The van der Waals surface area contributed by atoms with Crippen LogP contribution in [-0.4, -0.2) is 142 Å². The summed E-state index contributed by atoms with van der Waals surface area (Å²) in [5.74, 6) is -1.34. The van der Waals surface area contributed by atoms with Crippen LogP contribution in [0.1, 0.15) is 57.7 Å². The van der Waals surface area contributed by atoms with Crippen LogP contribution in [0, 0.1) is 12.3 Å². The quantitative estimate of drug-likeness (QED) is 0.0401. The Kier molecular flexibility index (Phi) is 21.8. The number of aliphatic hydroxyl groups excluding tert-OH is 1. The maximum absolute atomic E-state index is 13.9. The topological polar surface area (TPSA) is 245 Å². The highest BCUT2D eigenvalue weighted by Gasteiger charge is 2.44. The van der Waals surface area contributed by atoms with Gasteiger partial charge in [-0.25, -0.2) is 19.7 Å². The van der Waals surface area contributed by atoms with Crippen LogP contribution in [0.5, 0.6) is 0 Å². The van der Waals surface area contributed by atoms with E-state index in [4.69, 9.17) is 53.8 Å². The second-order valence-corrected chi connectivity index (χ2v) is 19.2. The zero-order valence-electron chi connectivity index (χ0n) is 36.8. The predicted molar refractivity (Wildman–Crippen MR) is 245 cm³/mol. The van der Waals surface area contributed by atoms with Crippen LogP contribution in [0.4, 0.5) is 10.7 Å². The number of aryl methyl sites for hydroxylation is 1. The summed E-state index contributed by atoms with van der Waals surface area (Å²) in [7, 11) is 0. The van der Waals surface area contributed by atoms with Gasteiger partial charge in [-0.15, -0.1) is 11.3 Å². The number of nitrogens with one attached hydrogen (secondary N) is 5. The molecule has 19 nitrogen and oxygen atoms in total. The summed E-state index contributed by atoms with van der Waals surface area (Å²) in [6, 6.07) is 7.57. The van der Waals surface area contributed by atoms with Crippen molar-refractivity contribution >= 4 is 81.8 Å². The number of benzene rings is 1. The van der Waals surface area contributed by atoms with E-state index in [2.05, 4.69) is 41.5 Å². The first-order valence-electron chi connectivity index (χ1n) is 21.0. The number of alkyl halides is 3. The molecule has 23 heteroatoms. The SMILES string of the molecule is Cc1ncsc1-c1ccc(CNC(=O)C2CC(O)CN2C(=O)C(NC(=O)CCOCCOCCOCCC(=O)NCCCOC(=O)NC(Nc2ncccn2)C(Cl)(Cl)Cl)C(C)(C)C)cc1. The van der Waals surface area contributed by atoms with Crippen molar-refractivity contribution in [2.24, 2.45) is 5.41 Å². The van der Waals surface area contributed by atoms with E-state index in [9.17, 15) is 29.1 Å². The number of thiazole rings is 1. The Balaban J connectivity index is 1.03. The maximum atomic E-state index is 13.9. The number of anilines is 1. The van der Waals surface area contributed by atoms with Crippen LogP contribution < -0.4 is 26.6 Å². The highest BCUT2D eigenvalue weighted by molar-refractivity contribution is 7.13. The number of β-amino-alcohol motifs (C(OH)–C–C–N with tert-alkyl or cyclic N) is 1. The van der Waals surface area contributed by atoms with Gasteiger partial charge in [0.15, 0.2) is 6.17 Å². The van der Waals surface area contributed by atoms with Gasteiger partial charge in [0.25, 0.3) is 0 Å². The van der Waals surface area contributed by atoms with Gasteiger partial charge in [0.05, 0.1) is 68.4 Å². The number of carbonyl (C=O) groups is 5. The summed E-state index contributed by atoms with van der Waals surface area (Å²) in [5, 5.41) is 24.0. The minimum atomic E-state index is -1.93. The van der Waals surface area contributed by atoms with Crippen LogP contribution in [0.2, 0.25) is 0 Å². The molecule has 0 radical (unpaired) electrons. The fourth-order valence-electron chi connectivity index (χ4n) is 6.30. The molecule has 3 aromatic rings. The molecule has 65 heavy (non-hydrogen) atoms. The summed E-state index contributed by atoms with van der Waals surface area (Å²) in [6.45, 7) is 9.12. The van der Waals surface area contributed by atoms with Gasteiger partial charge in [0, 0.05) is 51.3 Å². The molecule has 0 aliphatic carbocycles. The van der Waals surface area contributed by atoms with E-state index in [0.29, 0.717) is 6.42 Å². The molecule has 4 atom stereocenters. The lowest BCUT2D eigenvalue weighted by atomic mass is 9.85. The molecule has 4 unspecified atom stereocenters. The number of nitrogens with zero attached hydrogens (tertiary/aromatic N) is 4. The van der Waals surface area contributed by atoms with Crippen molar-refractivity contribution in [1.29, 1.82) is 0 Å². The number of alkyl carbamates (subject to hydrolysis) is 1. The number of carbonyl (C=O) groups excluding carboxylic acids is 5. The second kappa shape index (κ2) is 26.7. The number of hydrogen-bond donors (Lipinski definition) is 6.